The molecule has 0 aromatic carbocycles. The lowest BCUT2D eigenvalue weighted by atomic mass is 9.90. The van der Waals surface area contributed by atoms with Crippen LogP contribution in [0.15, 0.2) is 5.16 Å². The van der Waals surface area contributed by atoms with Gasteiger partial charge >= 0.3 is 0 Å². The normalized spacial score (nSPS) is 14.8. The standard InChI is InChI=1S/C12H25N3O2/c1-8(2)6-7-9(3)14-11(16)12(4,5)10(13)15-17/h8-9,17H,6-7H2,1-5H3,(H2,13,15)(H,14,16). The SMILES string of the molecule is CC(C)CCC(C)NC(=O)C(C)(C)C(N)=NO. The molecule has 0 aromatic rings. The molecule has 0 rings (SSSR count). The first-order valence-electron chi connectivity index (χ1n) is 6.00. The molecule has 0 bridgehead atoms. The number of rotatable bonds is 6. The van der Waals surface area contributed by atoms with Crippen LogP contribution in [-0.2, 0) is 4.79 Å². The first-order chi connectivity index (χ1) is 7.71. The monoisotopic (exact) mass is 243 g/mol. The predicted octanol–water partition coefficient (Wildman–Crippen LogP) is 1.70. The first kappa shape index (κ1) is 15.7. The number of nitrogens with two attached hydrogens (primary N) is 1. The third kappa shape index (κ3) is 5.06. The lowest BCUT2D eigenvalue weighted by molar-refractivity contribution is -0.127. The number of nitrogens with zero attached hydrogens (tertiary/aromatic N) is 1. The summed E-state index contributed by atoms with van der Waals surface area (Å²) < 4.78 is 0. The van der Waals surface area contributed by atoms with E-state index < -0.39 is 5.41 Å². The van der Waals surface area contributed by atoms with Crippen molar-refractivity contribution in [1.82, 2.24) is 5.32 Å². The third-order valence-corrected chi connectivity index (χ3v) is 2.87. The maximum absolute atomic E-state index is 11.9. The lowest BCUT2D eigenvalue weighted by Gasteiger charge is -2.24. The molecule has 5 heteroatoms. The van der Waals surface area contributed by atoms with E-state index in [1.54, 1.807) is 13.8 Å². The molecule has 0 aromatic heterocycles. The number of hydrogen-bond donors (Lipinski definition) is 3. The van der Waals surface area contributed by atoms with Crippen molar-refractivity contribution >= 4 is 11.7 Å². The van der Waals surface area contributed by atoms with Gasteiger partial charge in [-0.05, 0) is 39.5 Å². The first-order valence-corrected chi connectivity index (χ1v) is 6.00. The van der Waals surface area contributed by atoms with Crippen LogP contribution >= 0.6 is 0 Å². The number of hydrogen-bond acceptors (Lipinski definition) is 3. The summed E-state index contributed by atoms with van der Waals surface area (Å²) in [6.45, 7) is 9.52. The third-order valence-electron chi connectivity index (χ3n) is 2.87. The molecular formula is C12H25N3O2. The van der Waals surface area contributed by atoms with Gasteiger partial charge in [-0.2, -0.15) is 0 Å². The van der Waals surface area contributed by atoms with E-state index in [1.165, 1.54) is 0 Å². The molecule has 0 aliphatic carbocycles. The summed E-state index contributed by atoms with van der Waals surface area (Å²) in [7, 11) is 0. The summed E-state index contributed by atoms with van der Waals surface area (Å²) in [6, 6.07) is 0.0932. The van der Waals surface area contributed by atoms with Crippen molar-refractivity contribution in [2.24, 2.45) is 22.2 Å². The second-order valence-corrected chi connectivity index (χ2v) is 5.46. The summed E-state index contributed by atoms with van der Waals surface area (Å²) in [5.74, 6) is 0.321. The van der Waals surface area contributed by atoms with E-state index in [4.69, 9.17) is 10.9 Å². The zero-order valence-electron chi connectivity index (χ0n) is 11.4. The number of amides is 1. The lowest BCUT2D eigenvalue weighted by Crippen LogP contribution is -2.48. The molecule has 5 nitrogen and oxygen atoms in total. The Bertz CT molecular complexity index is 285. The average Bonchev–Trinajstić information content (AvgIpc) is 2.24. The van der Waals surface area contributed by atoms with Crippen molar-refractivity contribution < 1.29 is 10.0 Å². The number of carbonyl (C=O) groups excluding carboxylic acids is 1. The summed E-state index contributed by atoms with van der Waals surface area (Å²) in [6.07, 6.45) is 1.99. The quantitative estimate of drug-likeness (QED) is 0.287. The minimum absolute atomic E-state index is 0.0777. The number of oxime groups is 1. The Kier molecular flexibility index (Phi) is 5.99. The molecule has 17 heavy (non-hydrogen) atoms. The number of carbonyl (C=O) groups is 1. The summed E-state index contributed by atoms with van der Waals surface area (Å²) in [5.41, 5.74) is 4.50. The second-order valence-electron chi connectivity index (χ2n) is 5.46. The highest BCUT2D eigenvalue weighted by molar-refractivity contribution is 6.05. The van der Waals surface area contributed by atoms with E-state index in [1.807, 2.05) is 6.92 Å². The molecule has 1 atom stereocenters. The Morgan fingerprint density at radius 2 is 1.88 bits per heavy atom. The van der Waals surface area contributed by atoms with E-state index in [0.717, 1.165) is 12.8 Å². The van der Waals surface area contributed by atoms with E-state index in [0.29, 0.717) is 5.92 Å². The molecule has 0 spiro atoms. The molecule has 100 valence electrons. The van der Waals surface area contributed by atoms with Gasteiger partial charge in [0.15, 0.2) is 5.84 Å². The largest absolute Gasteiger partial charge is 0.409 e. The van der Waals surface area contributed by atoms with E-state index in [-0.39, 0.29) is 17.8 Å². The summed E-state index contributed by atoms with van der Waals surface area (Å²) in [5, 5.41) is 14.4. The fourth-order valence-electron chi connectivity index (χ4n) is 1.30. The Morgan fingerprint density at radius 1 is 1.35 bits per heavy atom. The van der Waals surface area contributed by atoms with Crippen molar-refractivity contribution in [3.05, 3.63) is 0 Å². The van der Waals surface area contributed by atoms with Crippen LogP contribution in [0.25, 0.3) is 0 Å². The molecule has 1 unspecified atom stereocenters. The molecule has 1 amide bonds. The molecule has 0 aliphatic rings. The maximum atomic E-state index is 11.9. The van der Waals surface area contributed by atoms with Crippen molar-refractivity contribution in [2.45, 2.75) is 53.5 Å². The maximum Gasteiger partial charge on any atom is 0.233 e. The van der Waals surface area contributed by atoms with Gasteiger partial charge < -0.3 is 16.3 Å². The zero-order valence-corrected chi connectivity index (χ0v) is 11.4. The molecule has 4 N–H and O–H groups in total. The molecule has 0 saturated heterocycles. The summed E-state index contributed by atoms with van der Waals surface area (Å²) >= 11 is 0. The van der Waals surface area contributed by atoms with Crippen LogP contribution in [0.1, 0.15) is 47.5 Å². The fraction of sp³-hybridized carbons (Fsp3) is 0.833. The molecule has 0 aliphatic heterocycles. The van der Waals surface area contributed by atoms with Gasteiger partial charge in [0.2, 0.25) is 5.91 Å². The van der Waals surface area contributed by atoms with Gasteiger partial charge in [0.1, 0.15) is 5.41 Å². The van der Waals surface area contributed by atoms with Gasteiger partial charge in [-0.3, -0.25) is 4.79 Å². The predicted molar refractivity (Wildman–Crippen MR) is 68.9 cm³/mol. The van der Waals surface area contributed by atoms with E-state index in [9.17, 15) is 4.79 Å². The number of nitrogens with one attached hydrogen (secondary N) is 1. The zero-order chi connectivity index (χ0) is 13.6. The van der Waals surface area contributed by atoms with E-state index >= 15 is 0 Å². The fourth-order valence-corrected chi connectivity index (χ4v) is 1.30. The molecule has 0 fully saturated rings. The topological polar surface area (TPSA) is 87.7 Å². The Hall–Kier alpha value is -1.26. The van der Waals surface area contributed by atoms with Crippen LogP contribution in [0.4, 0.5) is 0 Å². The highest BCUT2D eigenvalue weighted by Gasteiger charge is 2.33. The molecule has 0 saturated carbocycles. The smallest absolute Gasteiger partial charge is 0.233 e. The molecular weight excluding hydrogens is 218 g/mol. The second kappa shape index (κ2) is 6.47. The molecule has 0 heterocycles. The van der Waals surface area contributed by atoms with Crippen molar-refractivity contribution in [1.29, 1.82) is 0 Å². The molecule has 0 radical (unpaired) electrons. The van der Waals surface area contributed by atoms with Crippen LogP contribution in [0.3, 0.4) is 0 Å². The van der Waals surface area contributed by atoms with Crippen molar-refractivity contribution in [3.63, 3.8) is 0 Å². The Labute approximate surface area is 103 Å². The van der Waals surface area contributed by atoms with Gasteiger partial charge in [-0.1, -0.05) is 19.0 Å². The Morgan fingerprint density at radius 3 is 2.29 bits per heavy atom. The van der Waals surface area contributed by atoms with Crippen LogP contribution in [0.5, 0.6) is 0 Å². The minimum Gasteiger partial charge on any atom is -0.409 e. The highest BCUT2D eigenvalue weighted by Crippen LogP contribution is 2.16. The highest BCUT2D eigenvalue weighted by atomic mass is 16.4. The van der Waals surface area contributed by atoms with Crippen LogP contribution in [0.2, 0.25) is 0 Å². The van der Waals surface area contributed by atoms with Gasteiger partial charge in [0.25, 0.3) is 0 Å². The van der Waals surface area contributed by atoms with Gasteiger partial charge in [-0.25, -0.2) is 0 Å². The Balaban J connectivity index is 4.34. The van der Waals surface area contributed by atoms with Crippen LogP contribution in [-0.4, -0.2) is 23.0 Å². The summed E-state index contributed by atoms with van der Waals surface area (Å²) in [4.78, 5) is 11.9. The van der Waals surface area contributed by atoms with Gasteiger partial charge in [-0.15, -0.1) is 0 Å². The van der Waals surface area contributed by atoms with Gasteiger partial charge in [0.05, 0.1) is 0 Å². The van der Waals surface area contributed by atoms with Crippen molar-refractivity contribution in [3.8, 4) is 0 Å². The number of amidine groups is 1. The average molecular weight is 243 g/mol. The van der Waals surface area contributed by atoms with E-state index in [2.05, 4.69) is 24.3 Å². The van der Waals surface area contributed by atoms with Gasteiger partial charge in [0, 0.05) is 6.04 Å². The van der Waals surface area contributed by atoms with Crippen LogP contribution < -0.4 is 11.1 Å². The minimum atomic E-state index is -0.985. The van der Waals surface area contributed by atoms with Crippen LogP contribution in [0, 0.1) is 11.3 Å². The van der Waals surface area contributed by atoms with Crippen molar-refractivity contribution in [2.75, 3.05) is 0 Å².